The molecule has 0 bridgehead atoms. The van der Waals surface area contributed by atoms with E-state index < -0.39 is 5.60 Å². The SMILES string of the molecule is COCCN(CC(O)(CN)C1CC1)C(C)COC. The van der Waals surface area contributed by atoms with Gasteiger partial charge in [-0.1, -0.05) is 0 Å². The van der Waals surface area contributed by atoms with Crippen LogP contribution in [0.2, 0.25) is 0 Å². The van der Waals surface area contributed by atoms with E-state index in [1.807, 2.05) is 0 Å². The van der Waals surface area contributed by atoms with Crippen LogP contribution in [0.1, 0.15) is 19.8 Å². The second kappa shape index (κ2) is 7.40. The van der Waals surface area contributed by atoms with Crippen molar-refractivity contribution >= 4 is 0 Å². The average molecular weight is 260 g/mol. The van der Waals surface area contributed by atoms with Gasteiger partial charge in [-0.05, 0) is 25.7 Å². The number of hydrogen-bond acceptors (Lipinski definition) is 5. The highest BCUT2D eigenvalue weighted by atomic mass is 16.5. The monoisotopic (exact) mass is 260 g/mol. The van der Waals surface area contributed by atoms with Gasteiger partial charge >= 0.3 is 0 Å². The summed E-state index contributed by atoms with van der Waals surface area (Å²) in [7, 11) is 3.39. The third kappa shape index (κ3) is 4.48. The zero-order valence-electron chi connectivity index (χ0n) is 11.9. The predicted molar refractivity (Wildman–Crippen MR) is 71.5 cm³/mol. The Labute approximate surface area is 110 Å². The quantitative estimate of drug-likeness (QED) is 0.582. The van der Waals surface area contributed by atoms with E-state index in [4.69, 9.17) is 15.2 Å². The van der Waals surface area contributed by atoms with Crippen molar-refractivity contribution in [3.63, 3.8) is 0 Å². The molecule has 0 aliphatic heterocycles. The molecular formula is C13H28N2O3. The van der Waals surface area contributed by atoms with Crippen LogP contribution >= 0.6 is 0 Å². The fraction of sp³-hybridized carbons (Fsp3) is 1.00. The molecule has 0 aromatic carbocycles. The minimum atomic E-state index is -0.754. The summed E-state index contributed by atoms with van der Waals surface area (Å²) in [5.74, 6) is 0.363. The maximum atomic E-state index is 10.6. The Morgan fingerprint density at radius 1 is 1.39 bits per heavy atom. The van der Waals surface area contributed by atoms with E-state index in [0.29, 0.717) is 32.2 Å². The van der Waals surface area contributed by atoms with Crippen molar-refractivity contribution in [1.29, 1.82) is 0 Å². The van der Waals surface area contributed by atoms with E-state index in [-0.39, 0.29) is 6.04 Å². The molecule has 2 atom stereocenters. The number of nitrogens with zero attached hydrogens (tertiary/aromatic N) is 1. The standard InChI is InChI=1S/C13H28N2O3/c1-11(8-18-3)15(6-7-17-2)10-13(16,9-14)12-4-5-12/h11-12,16H,4-10,14H2,1-3H3. The molecule has 1 aliphatic carbocycles. The second-order valence-corrected chi connectivity index (χ2v) is 5.35. The first kappa shape index (κ1) is 15.9. The minimum Gasteiger partial charge on any atom is -0.387 e. The topological polar surface area (TPSA) is 68.0 Å². The lowest BCUT2D eigenvalue weighted by Crippen LogP contribution is -2.53. The lowest BCUT2D eigenvalue weighted by atomic mass is 9.96. The van der Waals surface area contributed by atoms with E-state index in [9.17, 15) is 5.11 Å². The second-order valence-electron chi connectivity index (χ2n) is 5.35. The molecule has 0 saturated heterocycles. The minimum absolute atomic E-state index is 0.252. The molecule has 3 N–H and O–H groups in total. The highest BCUT2D eigenvalue weighted by molar-refractivity contribution is 4.98. The molecule has 5 heteroatoms. The Hall–Kier alpha value is -0.200. The third-order valence-corrected chi connectivity index (χ3v) is 3.78. The van der Waals surface area contributed by atoms with Gasteiger partial charge in [0.1, 0.15) is 0 Å². The average Bonchev–Trinajstić information content (AvgIpc) is 3.19. The van der Waals surface area contributed by atoms with Gasteiger partial charge in [-0.25, -0.2) is 0 Å². The number of hydrogen-bond donors (Lipinski definition) is 2. The fourth-order valence-electron chi connectivity index (χ4n) is 2.34. The van der Waals surface area contributed by atoms with Crippen molar-refractivity contribution in [3.8, 4) is 0 Å². The lowest BCUT2D eigenvalue weighted by molar-refractivity contribution is -0.0323. The molecule has 0 radical (unpaired) electrons. The Morgan fingerprint density at radius 3 is 2.50 bits per heavy atom. The van der Waals surface area contributed by atoms with Crippen molar-refractivity contribution in [1.82, 2.24) is 4.90 Å². The molecule has 1 aliphatic rings. The summed E-state index contributed by atoms with van der Waals surface area (Å²) in [5.41, 5.74) is 5.01. The van der Waals surface area contributed by atoms with Gasteiger partial charge < -0.3 is 20.3 Å². The molecule has 0 aromatic heterocycles. The molecule has 0 aromatic rings. The molecule has 0 heterocycles. The zero-order chi connectivity index (χ0) is 13.6. The summed E-state index contributed by atoms with van der Waals surface area (Å²) in [6.07, 6.45) is 2.18. The maximum absolute atomic E-state index is 10.6. The molecule has 1 rings (SSSR count). The summed E-state index contributed by atoms with van der Waals surface area (Å²) in [5, 5.41) is 10.6. The van der Waals surface area contributed by atoms with Gasteiger partial charge in [0.15, 0.2) is 0 Å². The van der Waals surface area contributed by atoms with Gasteiger partial charge in [0.25, 0.3) is 0 Å². The Balaban J connectivity index is 2.57. The predicted octanol–water partition coefficient (Wildman–Crippen LogP) is 0.0695. The first-order chi connectivity index (χ1) is 8.57. The number of aliphatic hydroxyl groups is 1. The van der Waals surface area contributed by atoms with Crippen LogP contribution < -0.4 is 5.73 Å². The zero-order valence-corrected chi connectivity index (χ0v) is 11.9. The molecule has 1 saturated carbocycles. The molecule has 1 fully saturated rings. The first-order valence-electron chi connectivity index (χ1n) is 6.71. The van der Waals surface area contributed by atoms with Gasteiger partial charge in [-0.2, -0.15) is 0 Å². The van der Waals surface area contributed by atoms with Crippen LogP contribution in [0.3, 0.4) is 0 Å². The van der Waals surface area contributed by atoms with Crippen LogP contribution in [0.15, 0.2) is 0 Å². The van der Waals surface area contributed by atoms with E-state index in [1.165, 1.54) is 0 Å². The van der Waals surface area contributed by atoms with Crippen molar-refractivity contribution in [2.75, 3.05) is 47.1 Å². The van der Waals surface area contributed by atoms with Gasteiger partial charge in [0.05, 0.1) is 18.8 Å². The Kier molecular flexibility index (Phi) is 6.52. The molecule has 108 valence electrons. The highest BCUT2D eigenvalue weighted by Crippen LogP contribution is 2.39. The third-order valence-electron chi connectivity index (χ3n) is 3.78. The Bertz CT molecular complexity index is 236. The van der Waals surface area contributed by atoms with Crippen LogP contribution in [-0.2, 0) is 9.47 Å². The molecular weight excluding hydrogens is 232 g/mol. The van der Waals surface area contributed by atoms with E-state index in [0.717, 1.165) is 19.4 Å². The molecule has 5 nitrogen and oxygen atoms in total. The number of ether oxygens (including phenoxy) is 2. The van der Waals surface area contributed by atoms with Gasteiger partial charge in [-0.15, -0.1) is 0 Å². The molecule has 2 unspecified atom stereocenters. The Morgan fingerprint density at radius 2 is 2.06 bits per heavy atom. The van der Waals surface area contributed by atoms with Crippen molar-refractivity contribution in [2.45, 2.75) is 31.4 Å². The highest BCUT2D eigenvalue weighted by Gasteiger charge is 2.44. The van der Waals surface area contributed by atoms with Gasteiger partial charge in [-0.3, -0.25) is 4.90 Å². The van der Waals surface area contributed by atoms with E-state index >= 15 is 0 Å². The number of methoxy groups -OCH3 is 2. The molecule has 0 spiro atoms. The van der Waals surface area contributed by atoms with Crippen molar-refractivity contribution < 1.29 is 14.6 Å². The molecule has 18 heavy (non-hydrogen) atoms. The summed E-state index contributed by atoms with van der Waals surface area (Å²) in [4.78, 5) is 2.21. The lowest BCUT2D eigenvalue weighted by Gasteiger charge is -2.36. The number of nitrogens with two attached hydrogens (primary N) is 1. The van der Waals surface area contributed by atoms with E-state index in [2.05, 4.69) is 11.8 Å². The van der Waals surface area contributed by atoms with Crippen molar-refractivity contribution in [2.24, 2.45) is 11.7 Å². The van der Waals surface area contributed by atoms with Crippen LogP contribution in [0.25, 0.3) is 0 Å². The van der Waals surface area contributed by atoms with Crippen LogP contribution in [0.4, 0.5) is 0 Å². The van der Waals surface area contributed by atoms with Crippen LogP contribution in [0, 0.1) is 5.92 Å². The van der Waals surface area contributed by atoms with Crippen molar-refractivity contribution in [3.05, 3.63) is 0 Å². The smallest absolute Gasteiger partial charge is 0.0923 e. The van der Waals surface area contributed by atoms with Gasteiger partial charge in [0, 0.05) is 39.9 Å². The molecule has 0 amide bonds. The van der Waals surface area contributed by atoms with Crippen LogP contribution in [0.5, 0.6) is 0 Å². The normalized spacial score (nSPS) is 21.0. The van der Waals surface area contributed by atoms with Gasteiger partial charge in [0.2, 0.25) is 0 Å². The number of rotatable bonds is 10. The summed E-state index contributed by atoms with van der Waals surface area (Å²) in [6.45, 7) is 5.11. The fourth-order valence-corrected chi connectivity index (χ4v) is 2.34. The van der Waals surface area contributed by atoms with E-state index in [1.54, 1.807) is 14.2 Å². The summed E-state index contributed by atoms with van der Waals surface area (Å²) in [6, 6.07) is 0.252. The van der Waals surface area contributed by atoms with Crippen LogP contribution in [-0.4, -0.2) is 68.7 Å². The maximum Gasteiger partial charge on any atom is 0.0923 e. The largest absolute Gasteiger partial charge is 0.387 e. The first-order valence-corrected chi connectivity index (χ1v) is 6.71. The summed E-state index contributed by atoms with van der Waals surface area (Å²) >= 11 is 0. The summed E-state index contributed by atoms with van der Waals surface area (Å²) < 4.78 is 10.3.